The van der Waals surface area contributed by atoms with Gasteiger partial charge in [-0.25, -0.2) is 4.79 Å². The van der Waals surface area contributed by atoms with Crippen LogP contribution in [0, 0.1) is 5.92 Å². The molecule has 1 saturated heterocycles. The number of likely N-dealkylation sites (tertiary alicyclic amines) is 1. The van der Waals surface area contributed by atoms with Gasteiger partial charge in [0.25, 0.3) is 0 Å². The Labute approximate surface area is 160 Å². The van der Waals surface area contributed by atoms with Crippen molar-refractivity contribution < 1.29 is 14.3 Å². The molecule has 0 unspecified atom stereocenters. The molecule has 6 nitrogen and oxygen atoms in total. The van der Waals surface area contributed by atoms with Gasteiger partial charge in [0.05, 0.1) is 26.1 Å². The van der Waals surface area contributed by atoms with Gasteiger partial charge in [-0.3, -0.25) is 4.98 Å². The minimum absolute atomic E-state index is 0.0426. The molecule has 2 heterocycles. The number of amides is 2. The van der Waals surface area contributed by atoms with Crippen molar-refractivity contribution in [3.8, 4) is 11.5 Å². The second-order valence-electron chi connectivity index (χ2n) is 6.86. The van der Waals surface area contributed by atoms with Crippen molar-refractivity contribution in [1.82, 2.24) is 9.88 Å². The number of hydrogen-bond donors (Lipinski definition) is 1. The van der Waals surface area contributed by atoms with Crippen molar-refractivity contribution in [3.05, 3.63) is 48.3 Å². The number of urea groups is 1. The number of hydrogen-bond acceptors (Lipinski definition) is 4. The lowest BCUT2D eigenvalue weighted by molar-refractivity contribution is 0.180. The van der Waals surface area contributed by atoms with E-state index in [9.17, 15) is 4.79 Å². The van der Waals surface area contributed by atoms with Gasteiger partial charge in [0.2, 0.25) is 0 Å². The molecule has 1 aromatic carbocycles. The molecule has 0 atom stereocenters. The number of piperidine rings is 1. The highest BCUT2D eigenvalue weighted by atomic mass is 16.5. The molecular weight excluding hydrogens is 342 g/mol. The summed E-state index contributed by atoms with van der Waals surface area (Å²) < 4.78 is 10.7. The normalized spacial score (nSPS) is 14.7. The zero-order chi connectivity index (χ0) is 19.1. The third-order valence-electron chi connectivity index (χ3n) is 5.07. The Morgan fingerprint density at radius 3 is 2.48 bits per heavy atom. The Kier molecular flexibility index (Phi) is 6.52. The van der Waals surface area contributed by atoms with Gasteiger partial charge in [0.1, 0.15) is 11.5 Å². The molecule has 1 aromatic heterocycles. The zero-order valence-corrected chi connectivity index (χ0v) is 16.0. The van der Waals surface area contributed by atoms with E-state index in [0.717, 1.165) is 56.0 Å². The van der Waals surface area contributed by atoms with Crippen molar-refractivity contribution in [3.63, 3.8) is 0 Å². The third-order valence-corrected chi connectivity index (χ3v) is 5.07. The quantitative estimate of drug-likeness (QED) is 0.837. The van der Waals surface area contributed by atoms with Crippen molar-refractivity contribution in [1.29, 1.82) is 0 Å². The van der Waals surface area contributed by atoms with Crippen LogP contribution in [0.5, 0.6) is 11.5 Å². The Bertz CT molecular complexity index is 721. The molecule has 2 aromatic rings. The van der Waals surface area contributed by atoms with E-state index in [4.69, 9.17) is 9.47 Å². The summed E-state index contributed by atoms with van der Waals surface area (Å²) in [6.45, 7) is 1.58. The summed E-state index contributed by atoms with van der Waals surface area (Å²) in [5.74, 6) is 2.28. The molecule has 1 aliphatic rings. The van der Waals surface area contributed by atoms with Gasteiger partial charge < -0.3 is 19.7 Å². The average molecular weight is 369 g/mol. The van der Waals surface area contributed by atoms with Crippen molar-refractivity contribution in [2.45, 2.75) is 25.7 Å². The first-order valence-corrected chi connectivity index (χ1v) is 9.36. The number of ether oxygens (including phenoxy) is 2. The molecule has 0 aliphatic carbocycles. The molecular formula is C21H27N3O3. The number of nitrogens with zero attached hydrogens (tertiary/aromatic N) is 2. The topological polar surface area (TPSA) is 63.7 Å². The monoisotopic (exact) mass is 369 g/mol. The molecule has 144 valence electrons. The molecule has 2 amide bonds. The fourth-order valence-electron chi connectivity index (χ4n) is 3.45. The van der Waals surface area contributed by atoms with E-state index in [2.05, 4.69) is 22.4 Å². The lowest BCUT2D eigenvalue weighted by Crippen LogP contribution is -2.41. The van der Waals surface area contributed by atoms with E-state index in [0.29, 0.717) is 5.92 Å². The summed E-state index contributed by atoms with van der Waals surface area (Å²) >= 11 is 0. The SMILES string of the molecule is COc1cc(CCC2CCN(C(=O)Nc3cccnc3)CC2)cc(OC)c1. The summed E-state index contributed by atoms with van der Waals surface area (Å²) in [5, 5.41) is 2.91. The molecule has 0 radical (unpaired) electrons. The van der Waals surface area contributed by atoms with Crippen LogP contribution in [0.25, 0.3) is 0 Å². The summed E-state index contributed by atoms with van der Waals surface area (Å²) in [7, 11) is 3.34. The molecule has 3 rings (SSSR count). The number of pyridine rings is 1. The summed E-state index contributed by atoms with van der Waals surface area (Å²) in [6.07, 6.45) is 7.50. The number of methoxy groups -OCH3 is 2. The van der Waals surface area contributed by atoms with Gasteiger partial charge in [0.15, 0.2) is 0 Å². The van der Waals surface area contributed by atoms with E-state index in [1.165, 1.54) is 5.56 Å². The maximum absolute atomic E-state index is 12.4. The van der Waals surface area contributed by atoms with Gasteiger partial charge in [-0.05, 0) is 61.4 Å². The van der Waals surface area contributed by atoms with Crippen molar-refractivity contribution in [2.75, 3.05) is 32.6 Å². The van der Waals surface area contributed by atoms with Crippen LogP contribution in [0.3, 0.4) is 0 Å². The highest BCUT2D eigenvalue weighted by molar-refractivity contribution is 5.89. The smallest absolute Gasteiger partial charge is 0.321 e. The number of carbonyl (C=O) groups excluding carboxylic acids is 1. The predicted molar refractivity (Wildman–Crippen MR) is 105 cm³/mol. The van der Waals surface area contributed by atoms with Crippen LogP contribution in [-0.2, 0) is 6.42 Å². The molecule has 1 N–H and O–H groups in total. The predicted octanol–water partition coefficient (Wildman–Crippen LogP) is 3.98. The summed E-state index contributed by atoms with van der Waals surface area (Å²) in [5.41, 5.74) is 1.96. The van der Waals surface area contributed by atoms with E-state index >= 15 is 0 Å². The maximum atomic E-state index is 12.4. The van der Waals surface area contributed by atoms with E-state index in [-0.39, 0.29) is 6.03 Å². The highest BCUT2D eigenvalue weighted by Crippen LogP contribution is 2.27. The number of nitrogens with one attached hydrogen (secondary N) is 1. The number of benzene rings is 1. The Balaban J connectivity index is 1.46. The maximum Gasteiger partial charge on any atom is 0.321 e. The number of rotatable bonds is 6. The molecule has 1 aliphatic heterocycles. The first kappa shape index (κ1) is 19.0. The molecule has 6 heteroatoms. The van der Waals surface area contributed by atoms with Gasteiger partial charge in [-0.2, -0.15) is 0 Å². The first-order valence-electron chi connectivity index (χ1n) is 9.36. The third kappa shape index (κ3) is 5.36. The lowest BCUT2D eigenvalue weighted by atomic mass is 9.90. The Hall–Kier alpha value is -2.76. The second-order valence-corrected chi connectivity index (χ2v) is 6.86. The Morgan fingerprint density at radius 1 is 1.19 bits per heavy atom. The van der Waals surface area contributed by atoms with Crippen molar-refractivity contribution in [2.24, 2.45) is 5.92 Å². The molecule has 0 spiro atoms. The van der Waals surface area contributed by atoms with Gasteiger partial charge in [-0.1, -0.05) is 0 Å². The van der Waals surface area contributed by atoms with Gasteiger partial charge >= 0.3 is 6.03 Å². The molecule has 0 bridgehead atoms. The summed E-state index contributed by atoms with van der Waals surface area (Å²) in [4.78, 5) is 18.3. The van der Waals surface area contributed by atoms with Crippen LogP contribution in [0.2, 0.25) is 0 Å². The fourth-order valence-corrected chi connectivity index (χ4v) is 3.45. The zero-order valence-electron chi connectivity index (χ0n) is 16.0. The van der Waals surface area contributed by atoms with E-state index in [1.54, 1.807) is 26.6 Å². The van der Waals surface area contributed by atoms with Crippen LogP contribution in [0.15, 0.2) is 42.7 Å². The van der Waals surface area contributed by atoms with Gasteiger partial charge in [-0.15, -0.1) is 0 Å². The van der Waals surface area contributed by atoms with Crippen LogP contribution >= 0.6 is 0 Å². The first-order chi connectivity index (χ1) is 13.2. The largest absolute Gasteiger partial charge is 0.497 e. The molecule has 0 saturated carbocycles. The fraction of sp³-hybridized carbons (Fsp3) is 0.429. The average Bonchev–Trinajstić information content (AvgIpc) is 2.73. The van der Waals surface area contributed by atoms with E-state index < -0.39 is 0 Å². The summed E-state index contributed by atoms with van der Waals surface area (Å²) in [6, 6.07) is 9.65. The Morgan fingerprint density at radius 2 is 1.89 bits per heavy atom. The lowest BCUT2D eigenvalue weighted by Gasteiger charge is -2.32. The number of aromatic nitrogens is 1. The van der Waals surface area contributed by atoms with Crippen LogP contribution in [0.1, 0.15) is 24.8 Å². The van der Waals surface area contributed by atoms with Crippen molar-refractivity contribution >= 4 is 11.7 Å². The van der Waals surface area contributed by atoms with Crippen LogP contribution in [-0.4, -0.2) is 43.2 Å². The highest BCUT2D eigenvalue weighted by Gasteiger charge is 2.22. The number of carbonyl (C=O) groups is 1. The van der Waals surface area contributed by atoms with Crippen LogP contribution in [0.4, 0.5) is 10.5 Å². The minimum Gasteiger partial charge on any atom is -0.497 e. The number of aryl methyl sites for hydroxylation is 1. The molecule has 1 fully saturated rings. The van der Waals surface area contributed by atoms with Crippen LogP contribution < -0.4 is 14.8 Å². The number of anilines is 1. The second kappa shape index (κ2) is 9.26. The van der Waals surface area contributed by atoms with E-state index in [1.807, 2.05) is 23.1 Å². The standard InChI is InChI=1S/C21H27N3O3/c1-26-19-12-17(13-20(14-19)27-2)6-5-16-7-10-24(11-8-16)21(25)23-18-4-3-9-22-15-18/h3-4,9,12-16H,5-8,10-11H2,1-2H3,(H,23,25). The molecule has 27 heavy (non-hydrogen) atoms. The minimum atomic E-state index is -0.0426. The van der Waals surface area contributed by atoms with Gasteiger partial charge in [0, 0.05) is 25.4 Å².